The summed E-state index contributed by atoms with van der Waals surface area (Å²) in [6, 6.07) is 0. The molecule has 3 rings (SSSR count). The maximum atomic E-state index is 11.1. The van der Waals surface area contributed by atoms with Crippen molar-refractivity contribution in [1.82, 2.24) is 0 Å². The van der Waals surface area contributed by atoms with Crippen molar-refractivity contribution in [2.45, 2.75) is 196 Å². The van der Waals surface area contributed by atoms with Gasteiger partial charge < -0.3 is 14.9 Å². The molecule has 0 aromatic rings. The van der Waals surface area contributed by atoms with E-state index >= 15 is 0 Å². The van der Waals surface area contributed by atoms with E-state index < -0.39 is 5.60 Å². The van der Waals surface area contributed by atoms with Gasteiger partial charge in [-0.3, -0.25) is 4.79 Å². The number of hydrogen-bond acceptors (Lipinski definition) is 4. The van der Waals surface area contributed by atoms with Crippen LogP contribution in [0.2, 0.25) is 0 Å². The van der Waals surface area contributed by atoms with Crippen molar-refractivity contribution in [3.05, 3.63) is 0 Å². The van der Waals surface area contributed by atoms with Gasteiger partial charge in [0.1, 0.15) is 0 Å². The Morgan fingerprint density at radius 3 is 1.15 bits per heavy atom. The van der Waals surface area contributed by atoms with Gasteiger partial charge in [0.05, 0.1) is 18.1 Å². The number of fused-ring (bicyclic) bond motifs is 3. The van der Waals surface area contributed by atoms with E-state index in [1.807, 2.05) is 62.3 Å². The number of rotatable bonds is 5. The number of carbonyl (C=O) groups is 1. The fourth-order valence-electron chi connectivity index (χ4n) is 5.28. The molecule has 0 atom stereocenters. The third-order valence-corrected chi connectivity index (χ3v) is 11.7. The first kappa shape index (κ1) is 49.8. The molecular formula is C42H88O4. The zero-order valence-electron chi connectivity index (χ0n) is 35.7. The molecule has 0 saturated heterocycles. The first-order valence-corrected chi connectivity index (χ1v) is 18.5. The van der Waals surface area contributed by atoms with Gasteiger partial charge in [0.15, 0.2) is 0 Å². The zero-order chi connectivity index (χ0) is 37.8. The van der Waals surface area contributed by atoms with Gasteiger partial charge >= 0.3 is 5.97 Å². The average molecular weight is 657 g/mol. The van der Waals surface area contributed by atoms with E-state index in [-0.39, 0.29) is 28.8 Å². The predicted octanol–water partition coefficient (Wildman–Crippen LogP) is 12.4. The lowest BCUT2D eigenvalue weighted by molar-refractivity contribution is -0.153. The highest BCUT2D eigenvalue weighted by atomic mass is 16.5. The van der Waals surface area contributed by atoms with Crippen LogP contribution in [0.5, 0.6) is 0 Å². The molecule has 280 valence electrons. The van der Waals surface area contributed by atoms with Crippen LogP contribution >= 0.6 is 0 Å². The number of esters is 1. The smallest absolute Gasteiger partial charge is 0.311 e. The molecular weight excluding hydrogens is 568 g/mol. The SMILES string of the molecule is CC(C)(C)C(C)(C)O.CC(C)(C)C12CCC(CC1)CC2.CC(C)C(C)(C)CO.CC(C)CC(C)(C)C.COC(=O)C(C)(C)C(C)C. The summed E-state index contributed by atoms with van der Waals surface area (Å²) in [4.78, 5) is 11.1. The molecule has 0 radical (unpaired) electrons. The van der Waals surface area contributed by atoms with Crippen LogP contribution in [0.25, 0.3) is 0 Å². The summed E-state index contributed by atoms with van der Waals surface area (Å²) in [5.74, 6) is 2.69. The van der Waals surface area contributed by atoms with Crippen molar-refractivity contribution in [2.24, 2.45) is 56.2 Å². The van der Waals surface area contributed by atoms with E-state index in [1.54, 1.807) is 0 Å². The number of aliphatic hydroxyl groups excluding tert-OH is 1. The minimum Gasteiger partial charge on any atom is -0.469 e. The monoisotopic (exact) mass is 657 g/mol. The Bertz CT molecular complexity index is 767. The van der Waals surface area contributed by atoms with Crippen molar-refractivity contribution in [1.29, 1.82) is 0 Å². The highest BCUT2D eigenvalue weighted by Crippen LogP contribution is 2.58. The molecule has 3 saturated carbocycles. The van der Waals surface area contributed by atoms with Crippen LogP contribution in [-0.4, -0.2) is 35.5 Å². The van der Waals surface area contributed by atoms with Crippen LogP contribution in [0.4, 0.5) is 0 Å². The predicted molar refractivity (Wildman–Crippen MR) is 204 cm³/mol. The number of ether oxygens (including phenoxy) is 1. The summed E-state index contributed by atoms with van der Waals surface area (Å²) in [6.07, 6.45) is 10.4. The molecule has 0 aliphatic heterocycles. The van der Waals surface area contributed by atoms with Gasteiger partial charge in [0.2, 0.25) is 0 Å². The molecule has 0 spiro atoms. The molecule has 0 amide bonds. The Kier molecular flexibility index (Phi) is 21.1. The summed E-state index contributed by atoms with van der Waals surface area (Å²) in [7, 11) is 1.42. The second-order valence-corrected chi connectivity index (χ2v) is 20.6. The van der Waals surface area contributed by atoms with Crippen LogP contribution < -0.4 is 0 Å². The van der Waals surface area contributed by atoms with Crippen molar-refractivity contribution >= 4 is 5.97 Å². The standard InChI is InChI=1S/C12H22.C8H16O2.C8H18.2C7H16O/c1-11(2,3)12-7-4-10(5-8-12)6-9-12;1-6(2)8(3,4)7(9)10-5;1-7(2)6-8(3,4)5;1-6(2)7(3,4)5-8;1-6(2,3)7(4,5)8/h10H,4-9H2,1-3H3;6H,1-5H3;7H,6H2,1-5H3;6,8H,5H2,1-4H3;8H,1-5H3. The van der Waals surface area contributed by atoms with E-state index in [9.17, 15) is 9.90 Å². The quantitative estimate of drug-likeness (QED) is 0.289. The summed E-state index contributed by atoms with van der Waals surface area (Å²) in [5.41, 5.74) is 0.975. The van der Waals surface area contributed by atoms with E-state index in [0.29, 0.717) is 22.7 Å². The van der Waals surface area contributed by atoms with Gasteiger partial charge in [-0.05, 0) is 123 Å². The summed E-state index contributed by atoms with van der Waals surface area (Å²) >= 11 is 0. The lowest BCUT2D eigenvalue weighted by Gasteiger charge is -2.54. The number of carbonyl (C=O) groups excluding carboxylic acids is 1. The van der Waals surface area contributed by atoms with Crippen molar-refractivity contribution in [3.8, 4) is 0 Å². The first-order chi connectivity index (χ1) is 20.1. The highest BCUT2D eigenvalue weighted by molar-refractivity contribution is 5.75. The zero-order valence-corrected chi connectivity index (χ0v) is 35.7. The second kappa shape index (κ2) is 19.5. The van der Waals surface area contributed by atoms with Crippen molar-refractivity contribution in [3.63, 3.8) is 0 Å². The molecule has 4 heteroatoms. The second-order valence-electron chi connectivity index (χ2n) is 20.6. The van der Waals surface area contributed by atoms with Gasteiger partial charge in [-0.15, -0.1) is 0 Å². The molecule has 3 aliphatic carbocycles. The lowest BCUT2D eigenvalue weighted by atomic mass is 9.51. The molecule has 3 fully saturated rings. The van der Waals surface area contributed by atoms with E-state index in [4.69, 9.17) is 5.11 Å². The summed E-state index contributed by atoms with van der Waals surface area (Å²) in [6.45, 7) is 44.9. The number of aliphatic hydroxyl groups is 2. The lowest BCUT2D eigenvalue weighted by Crippen LogP contribution is -2.43. The molecule has 0 unspecified atom stereocenters. The van der Waals surface area contributed by atoms with Crippen LogP contribution in [0.1, 0.15) is 190 Å². The van der Waals surface area contributed by atoms with Crippen LogP contribution in [-0.2, 0) is 9.53 Å². The van der Waals surface area contributed by atoms with Crippen LogP contribution in [0, 0.1) is 56.2 Å². The molecule has 46 heavy (non-hydrogen) atoms. The molecule has 0 aromatic heterocycles. The largest absolute Gasteiger partial charge is 0.469 e. The molecule has 4 nitrogen and oxygen atoms in total. The van der Waals surface area contributed by atoms with E-state index in [2.05, 4.69) is 87.8 Å². The first-order valence-electron chi connectivity index (χ1n) is 18.5. The average Bonchev–Trinajstić information content (AvgIpc) is 2.87. The Morgan fingerprint density at radius 2 is 1.07 bits per heavy atom. The van der Waals surface area contributed by atoms with Crippen molar-refractivity contribution < 1.29 is 19.7 Å². The molecule has 0 aromatic carbocycles. The molecule has 3 aliphatic rings. The minimum absolute atomic E-state index is 0.00694. The molecule has 2 bridgehead atoms. The van der Waals surface area contributed by atoms with Gasteiger partial charge in [0.25, 0.3) is 0 Å². The number of hydrogen-bond donors (Lipinski definition) is 2. The fourth-order valence-corrected chi connectivity index (χ4v) is 5.28. The topological polar surface area (TPSA) is 66.8 Å². The Morgan fingerprint density at radius 1 is 0.717 bits per heavy atom. The fraction of sp³-hybridized carbons (Fsp3) is 0.976. The van der Waals surface area contributed by atoms with E-state index in [0.717, 1.165) is 17.3 Å². The maximum Gasteiger partial charge on any atom is 0.311 e. The van der Waals surface area contributed by atoms with Gasteiger partial charge in [0, 0.05) is 6.61 Å². The highest BCUT2D eigenvalue weighted by Gasteiger charge is 2.47. The molecule has 0 heterocycles. The van der Waals surface area contributed by atoms with Gasteiger partial charge in [-0.1, -0.05) is 118 Å². The minimum atomic E-state index is -0.562. The maximum absolute atomic E-state index is 11.1. The van der Waals surface area contributed by atoms with E-state index in [1.165, 1.54) is 52.1 Å². The van der Waals surface area contributed by atoms with Gasteiger partial charge in [-0.25, -0.2) is 0 Å². The number of methoxy groups -OCH3 is 1. The van der Waals surface area contributed by atoms with Gasteiger partial charge in [-0.2, -0.15) is 0 Å². The summed E-state index contributed by atoms with van der Waals surface area (Å²) < 4.78 is 4.64. The van der Waals surface area contributed by atoms with Crippen molar-refractivity contribution in [2.75, 3.05) is 13.7 Å². The Hall–Kier alpha value is -0.610. The Labute approximate surface area is 291 Å². The summed E-state index contributed by atoms with van der Waals surface area (Å²) in [5, 5.41) is 18.1. The Balaban J connectivity index is -0.000000510. The van der Waals surface area contributed by atoms with Crippen LogP contribution in [0.15, 0.2) is 0 Å². The molecule has 2 N–H and O–H groups in total. The third-order valence-electron chi connectivity index (χ3n) is 11.7. The van der Waals surface area contributed by atoms with Crippen LogP contribution in [0.3, 0.4) is 0 Å². The normalized spacial score (nSPS) is 20.4. The third kappa shape index (κ3) is 19.4.